The molecule has 0 aliphatic heterocycles. The fourth-order valence-corrected chi connectivity index (χ4v) is 3.83. The molecule has 0 saturated heterocycles. The molecule has 0 amide bonds. The van der Waals surface area contributed by atoms with E-state index >= 15 is 0 Å². The second kappa shape index (κ2) is 5.70. The minimum absolute atomic E-state index is 0.560. The summed E-state index contributed by atoms with van der Waals surface area (Å²) in [5, 5.41) is 3.57. The van der Waals surface area contributed by atoms with Gasteiger partial charge < -0.3 is 5.32 Å². The van der Waals surface area contributed by atoms with Crippen LogP contribution in [0.15, 0.2) is 21.2 Å². The fraction of sp³-hybridized carbons (Fsp3) is 0.615. The van der Waals surface area contributed by atoms with Gasteiger partial charge in [-0.2, -0.15) is 0 Å². The van der Waals surface area contributed by atoms with Gasteiger partial charge in [0.05, 0.1) is 4.47 Å². The maximum absolute atomic E-state index is 4.42. The van der Waals surface area contributed by atoms with Gasteiger partial charge in [-0.15, -0.1) is 0 Å². The van der Waals surface area contributed by atoms with Gasteiger partial charge in [0.15, 0.2) is 0 Å². The van der Waals surface area contributed by atoms with Crippen LogP contribution in [-0.4, -0.2) is 11.0 Å². The number of nitrogens with zero attached hydrogens (tertiary/aromatic N) is 1. The van der Waals surface area contributed by atoms with Crippen molar-refractivity contribution in [1.29, 1.82) is 0 Å². The van der Waals surface area contributed by atoms with E-state index in [1.54, 1.807) is 0 Å². The van der Waals surface area contributed by atoms with Gasteiger partial charge in [-0.1, -0.05) is 20.3 Å². The van der Waals surface area contributed by atoms with Gasteiger partial charge >= 0.3 is 0 Å². The zero-order valence-corrected chi connectivity index (χ0v) is 13.4. The van der Waals surface area contributed by atoms with E-state index in [4.69, 9.17) is 0 Å². The zero-order valence-electron chi connectivity index (χ0n) is 10.2. The minimum Gasteiger partial charge on any atom is -0.366 e. The molecule has 1 aliphatic rings. The van der Waals surface area contributed by atoms with E-state index in [-0.39, 0.29) is 0 Å². The summed E-state index contributed by atoms with van der Waals surface area (Å²) in [6.45, 7) is 4.64. The quantitative estimate of drug-likeness (QED) is 0.832. The number of aromatic nitrogens is 1. The zero-order chi connectivity index (χ0) is 12.4. The first-order chi connectivity index (χ1) is 8.11. The second-order valence-electron chi connectivity index (χ2n) is 4.84. The Balaban J connectivity index is 2.06. The van der Waals surface area contributed by atoms with Crippen LogP contribution in [0.2, 0.25) is 0 Å². The van der Waals surface area contributed by atoms with Crippen LogP contribution in [0.5, 0.6) is 0 Å². The van der Waals surface area contributed by atoms with Crippen molar-refractivity contribution in [2.45, 2.75) is 39.2 Å². The summed E-state index contributed by atoms with van der Waals surface area (Å²) in [4.78, 5) is 4.42. The molecule has 1 N–H and O–H groups in total. The number of anilines is 1. The van der Waals surface area contributed by atoms with E-state index in [2.05, 4.69) is 56.0 Å². The molecule has 94 valence electrons. The van der Waals surface area contributed by atoms with Crippen LogP contribution in [0.25, 0.3) is 0 Å². The Bertz CT molecular complexity index is 395. The summed E-state index contributed by atoms with van der Waals surface area (Å²) < 4.78 is 2.03. The highest BCUT2D eigenvalue weighted by Gasteiger charge is 2.31. The molecule has 1 aromatic heterocycles. The predicted molar refractivity (Wildman–Crippen MR) is 79.2 cm³/mol. The standard InChI is InChI=1S/C13H18Br2N2/c1-3-9-4-5-12(8(9)2)17-13-11(15)6-10(14)7-16-13/h6-9,12H,3-5H2,1-2H3,(H,16,17). The van der Waals surface area contributed by atoms with Gasteiger partial charge in [0.25, 0.3) is 0 Å². The van der Waals surface area contributed by atoms with Crippen molar-refractivity contribution in [3.8, 4) is 0 Å². The van der Waals surface area contributed by atoms with E-state index < -0.39 is 0 Å². The Kier molecular flexibility index (Phi) is 4.47. The van der Waals surface area contributed by atoms with Gasteiger partial charge in [-0.3, -0.25) is 0 Å². The predicted octanol–water partition coefficient (Wildman–Crippen LogP) is 4.84. The molecule has 0 bridgehead atoms. The Labute approximate surface area is 120 Å². The van der Waals surface area contributed by atoms with Crippen LogP contribution in [0.3, 0.4) is 0 Å². The number of halogens is 2. The molecule has 0 spiro atoms. The van der Waals surface area contributed by atoms with Crippen LogP contribution in [-0.2, 0) is 0 Å². The highest BCUT2D eigenvalue weighted by atomic mass is 79.9. The van der Waals surface area contributed by atoms with Crippen molar-refractivity contribution >= 4 is 37.7 Å². The average Bonchev–Trinajstić information content (AvgIpc) is 2.64. The normalized spacial score (nSPS) is 28.4. The van der Waals surface area contributed by atoms with Crippen molar-refractivity contribution in [1.82, 2.24) is 4.98 Å². The first kappa shape index (κ1) is 13.3. The molecular weight excluding hydrogens is 344 g/mol. The van der Waals surface area contributed by atoms with E-state index in [1.165, 1.54) is 19.3 Å². The third-order valence-electron chi connectivity index (χ3n) is 3.88. The summed E-state index contributed by atoms with van der Waals surface area (Å²) in [5.74, 6) is 2.56. The number of nitrogens with one attached hydrogen (secondary N) is 1. The summed E-state index contributed by atoms with van der Waals surface area (Å²) >= 11 is 6.97. The molecule has 2 nitrogen and oxygen atoms in total. The maximum atomic E-state index is 4.42. The van der Waals surface area contributed by atoms with Gasteiger partial charge in [-0.05, 0) is 62.6 Å². The molecule has 0 aromatic carbocycles. The Hall–Kier alpha value is -0.0900. The highest BCUT2D eigenvalue weighted by molar-refractivity contribution is 9.11. The van der Waals surface area contributed by atoms with E-state index in [0.717, 1.165) is 26.6 Å². The lowest BCUT2D eigenvalue weighted by molar-refractivity contribution is 0.391. The number of rotatable bonds is 3. The third-order valence-corrected chi connectivity index (χ3v) is 4.92. The summed E-state index contributed by atoms with van der Waals surface area (Å²) in [7, 11) is 0. The van der Waals surface area contributed by atoms with Crippen molar-refractivity contribution in [3.63, 3.8) is 0 Å². The van der Waals surface area contributed by atoms with Crippen LogP contribution < -0.4 is 5.32 Å². The molecule has 2 rings (SSSR count). The van der Waals surface area contributed by atoms with Gasteiger partial charge in [-0.25, -0.2) is 4.98 Å². The van der Waals surface area contributed by atoms with E-state index in [0.29, 0.717) is 6.04 Å². The molecule has 4 heteroatoms. The Morgan fingerprint density at radius 3 is 2.76 bits per heavy atom. The van der Waals surface area contributed by atoms with Gasteiger partial charge in [0.1, 0.15) is 5.82 Å². The largest absolute Gasteiger partial charge is 0.366 e. The Morgan fingerprint density at radius 2 is 2.18 bits per heavy atom. The molecule has 3 unspecified atom stereocenters. The molecule has 1 fully saturated rings. The van der Waals surface area contributed by atoms with E-state index in [9.17, 15) is 0 Å². The molecule has 1 aliphatic carbocycles. The van der Waals surface area contributed by atoms with Crippen molar-refractivity contribution in [3.05, 3.63) is 21.2 Å². The fourth-order valence-electron chi connectivity index (χ4n) is 2.72. The smallest absolute Gasteiger partial charge is 0.140 e. The first-order valence-corrected chi connectivity index (χ1v) is 7.78. The summed E-state index contributed by atoms with van der Waals surface area (Å²) in [6.07, 6.45) is 5.71. The number of hydrogen-bond acceptors (Lipinski definition) is 2. The SMILES string of the molecule is CCC1CCC(Nc2ncc(Br)cc2Br)C1C. The third kappa shape index (κ3) is 3.02. The molecule has 1 aromatic rings. The Morgan fingerprint density at radius 1 is 1.41 bits per heavy atom. The number of pyridine rings is 1. The van der Waals surface area contributed by atoms with Gasteiger partial charge in [0.2, 0.25) is 0 Å². The van der Waals surface area contributed by atoms with Crippen molar-refractivity contribution < 1.29 is 0 Å². The van der Waals surface area contributed by atoms with Crippen molar-refractivity contribution in [2.75, 3.05) is 5.32 Å². The molecule has 0 radical (unpaired) electrons. The molecule has 1 heterocycles. The minimum atomic E-state index is 0.560. The molecule has 17 heavy (non-hydrogen) atoms. The topological polar surface area (TPSA) is 24.9 Å². The van der Waals surface area contributed by atoms with Crippen LogP contribution in [0.1, 0.15) is 33.1 Å². The lowest BCUT2D eigenvalue weighted by Crippen LogP contribution is -2.25. The molecule has 3 atom stereocenters. The average molecular weight is 362 g/mol. The molecular formula is C13H18Br2N2. The van der Waals surface area contributed by atoms with Crippen molar-refractivity contribution in [2.24, 2.45) is 11.8 Å². The van der Waals surface area contributed by atoms with Gasteiger partial charge in [0, 0.05) is 16.7 Å². The lowest BCUT2D eigenvalue weighted by Gasteiger charge is -2.22. The molecule has 1 saturated carbocycles. The van der Waals surface area contributed by atoms with E-state index in [1.807, 2.05) is 12.3 Å². The summed E-state index contributed by atoms with van der Waals surface area (Å²) in [6, 6.07) is 2.59. The van der Waals surface area contributed by atoms with Crippen LogP contribution >= 0.6 is 31.9 Å². The lowest BCUT2D eigenvalue weighted by atomic mass is 9.93. The monoisotopic (exact) mass is 360 g/mol. The number of hydrogen-bond donors (Lipinski definition) is 1. The highest BCUT2D eigenvalue weighted by Crippen LogP contribution is 2.36. The second-order valence-corrected chi connectivity index (χ2v) is 6.61. The van der Waals surface area contributed by atoms with Crippen LogP contribution in [0, 0.1) is 11.8 Å². The van der Waals surface area contributed by atoms with Crippen LogP contribution in [0.4, 0.5) is 5.82 Å². The summed E-state index contributed by atoms with van der Waals surface area (Å²) in [5.41, 5.74) is 0. The first-order valence-electron chi connectivity index (χ1n) is 6.19. The maximum Gasteiger partial charge on any atom is 0.140 e.